The predicted molar refractivity (Wildman–Crippen MR) is 94.8 cm³/mol. The number of halogens is 1. The van der Waals surface area contributed by atoms with Crippen molar-refractivity contribution >= 4 is 23.2 Å². The van der Waals surface area contributed by atoms with Gasteiger partial charge in [-0.1, -0.05) is 48.0 Å². The fourth-order valence-electron chi connectivity index (χ4n) is 3.11. The lowest BCUT2D eigenvalue weighted by Crippen LogP contribution is -2.35. The Bertz CT molecular complexity index is 681. The van der Waals surface area contributed by atoms with Gasteiger partial charge in [0.25, 0.3) is 0 Å². The first-order valence-electron chi connectivity index (χ1n) is 8.02. The van der Waals surface area contributed by atoms with Crippen molar-refractivity contribution in [3.05, 3.63) is 64.7 Å². The van der Waals surface area contributed by atoms with Gasteiger partial charge in [-0.3, -0.25) is 9.69 Å². The van der Waals surface area contributed by atoms with E-state index in [0.717, 1.165) is 42.7 Å². The van der Waals surface area contributed by atoms with Crippen molar-refractivity contribution in [3.63, 3.8) is 0 Å². The SMILES string of the molecule is Cc1c(Cl)cccc1NC(=O)C(c1ccccc1)N1CCCC1. The molecule has 0 aromatic heterocycles. The molecule has 1 aliphatic heterocycles. The topological polar surface area (TPSA) is 32.3 Å². The van der Waals surface area contributed by atoms with E-state index in [1.807, 2.05) is 55.5 Å². The molecule has 120 valence electrons. The second-order valence-electron chi connectivity index (χ2n) is 5.96. The van der Waals surface area contributed by atoms with E-state index in [2.05, 4.69) is 10.2 Å². The Kier molecular flexibility index (Phi) is 4.99. The van der Waals surface area contributed by atoms with Crippen LogP contribution in [-0.2, 0) is 4.79 Å². The van der Waals surface area contributed by atoms with E-state index < -0.39 is 0 Å². The third-order valence-electron chi connectivity index (χ3n) is 4.40. The number of anilines is 1. The molecule has 0 spiro atoms. The Hall–Kier alpha value is -1.84. The van der Waals surface area contributed by atoms with Gasteiger partial charge in [-0.15, -0.1) is 0 Å². The van der Waals surface area contributed by atoms with Crippen molar-refractivity contribution in [2.75, 3.05) is 18.4 Å². The number of carbonyl (C=O) groups excluding carboxylic acids is 1. The molecule has 4 heteroatoms. The molecule has 3 rings (SSSR count). The van der Waals surface area contributed by atoms with Crippen LogP contribution in [0.2, 0.25) is 5.02 Å². The van der Waals surface area contributed by atoms with Crippen LogP contribution in [-0.4, -0.2) is 23.9 Å². The molecule has 1 saturated heterocycles. The first kappa shape index (κ1) is 16.0. The summed E-state index contributed by atoms with van der Waals surface area (Å²) in [5.74, 6) is 0.00321. The van der Waals surface area contributed by atoms with Crippen molar-refractivity contribution in [3.8, 4) is 0 Å². The van der Waals surface area contributed by atoms with Crippen LogP contribution in [0.4, 0.5) is 5.69 Å². The number of carbonyl (C=O) groups is 1. The highest BCUT2D eigenvalue weighted by Crippen LogP contribution is 2.28. The summed E-state index contributed by atoms with van der Waals surface area (Å²) in [5, 5.41) is 3.73. The maximum Gasteiger partial charge on any atom is 0.246 e. The summed E-state index contributed by atoms with van der Waals surface area (Å²) < 4.78 is 0. The molecule has 0 saturated carbocycles. The van der Waals surface area contributed by atoms with Crippen molar-refractivity contribution in [2.24, 2.45) is 0 Å². The highest BCUT2D eigenvalue weighted by Gasteiger charge is 2.29. The Balaban J connectivity index is 1.87. The van der Waals surface area contributed by atoms with E-state index in [9.17, 15) is 4.79 Å². The standard InChI is InChI=1S/C19H21ClN2O/c1-14-16(20)10-7-11-17(14)21-19(23)18(22-12-5-6-13-22)15-8-3-2-4-9-15/h2-4,7-11,18H,5-6,12-13H2,1H3,(H,21,23). The molecular weight excluding hydrogens is 308 g/mol. The maximum atomic E-state index is 13.0. The number of nitrogens with one attached hydrogen (secondary N) is 1. The summed E-state index contributed by atoms with van der Waals surface area (Å²) in [7, 11) is 0. The van der Waals surface area contributed by atoms with Crippen LogP contribution in [0.1, 0.15) is 30.0 Å². The van der Waals surface area contributed by atoms with Gasteiger partial charge in [-0.2, -0.15) is 0 Å². The van der Waals surface area contributed by atoms with Crippen LogP contribution >= 0.6 is 11.6 Å². The van der Waals surface area contributed by atoms with E-state index in [4.69, 9.17) is 11.6 Å². The molecule has 1 N–H and O–H groups in total. The van der Waals surface area contributed by atoms with Crippen molar-refractivity contribution in [1.82, 2.24) is 4.90 Å². The normalized spacial score (nSPS) is 16.3. The van der Waals surface area contributed by atoms with Crippen LogP contribution in [0.5, 0.6) is 0 Å². The van der Waals surface area contributed by atoms with Crippen molar-refractivity contribution < 1.29 is 4.79 Å². The highest BCUT2D eigenvalue weighted by molar-refractivity contribution is 6.31. The molecule has 3 nitrogen and oxygen atoms in total. The molecule has 0 aliphatic carbocycles. The lowest BCUT2D eigenvalue weighted by molar-refractivity contribution is -0.121. The summed E-state index contributed by atoms with van der Waals surface area (Å²) >= 11 is 6.16. The van der Waals surface area contributed by atoms with Gasteiger partial charge in [0.05, 0.1) is 0 Å². The second-order valence-corrected chi connectivity index (χ2v) is 6.37. The number of amides is 1. The lowest BCUT2D eigenvalue weighted by atomic mass is 10.0. The number of benzene rings is 2. The summed E-state index contributed by atoms with van der Waals surface area (Å²) in [6, 6.07) is 15.3. The van der Waals surface area contributed by atoms with Crippen LogP contribution in [0.25, 0.3) is 0 Å². The summed E-state index contributed by atoms with van der Waals surface area (Å²) in [5.41, 5.74) is 2.71. The fourth-order valence-corrected chi connectivity index (χ4v) is 3.28. The minimum atomic E-state index is -0.253. The molecule has 1 atom stereocenters. The molecule has 1 unspecified atom stereocenters. The van der Waals surface area contributed by atoms with Crippen LogP contribution in [0, 0.1) is 6.92 Å². The number of likely N-dealkylation sites (tertiary alicyclic amines) is 1. The van der Waals surface area contributed by atoms with E-state index in [-0.39, 0.29) is 11.9 Å². The van der Waals surface area contributed by atoms with Gasteiger partial charge in [-0.05, 0) is 56.1 Å². The first-order valence-corrected chi connectivity index (χ1v) is 8.39. The van der Waals surface area contributed by atoms with Crippen molar-refractivity contribution in [1.29, 1.82) is 0 Å². The third kappa shape index (κ3) is 3.57. The van der Waals surface area contributed by atoms with Gasteiger partial charge in [0.15, 0.2) is 0 Å². The van der Waals surface area contributed by atoms with Gasteiger partial charge >= 0.3 is 0 Å². The number of nitrogens with zero attached hydrogens (tertiary/aromatic N) is 1. The van der Waals surface area contributed by atoms with Crippen LogP contribution in [0.3, 0.4) is 0 Å². The van der Waals surface area contributed by atoms with E-state index in [0.29, 0.717) is 5.02 Å². The third-order valence-corrected chi connectivity index (χ3v) is 4.80. The molecule has 2 aromatic carbocycles. The predicted octanol–water partition coefficient (Wildman–Crippen LogP) is 4.42. The average molecular weight is 329 g/mol. The monoisotopic (exact) mass is 328 g/mol. The molecule has 2 aromatic rings. The molecular formula is C19H21ClN2O. The maximum absolute atomic E-state index is 13.0. The zero-order valence-corrected chi connectivity index (χ0v) is 14.0. The Labute approximate surface area is 142 Å². The van der Waals surface area contributed by atoms with E-state index in [1.165, 1.54) is 0 Å². The second kappa shape index (κ2) is 7.16. The smallest absolute Gasteiger partial charge is 0.246 e. The zero-order chi connectivity index (χ0) is 16.2. The van der Waals surface area contributed by atoms with Gasteiger partial charge < -0.3 is 5.32 Å². The summed E-state index contributed by atoms with van der Waals surface area (Å²) in [6.45, 7) is 3.84. The van der Waals surface area contributed by atoms with Crippen molar-refractivity contribution in [2.45, 2.75) is 25.8 Å². The zero-order valence-electron chi connectivity index (χ0n) is 13.3. The average Bonchev–Trinajstić information content (AvgIpc) is 3.07. The molecule has 0 radical (unpaired) electrons. The fraction of sp³-hybridized carbons (Fsp3) is 0.316. The molecule has 1 heterocycles. The van der Waals surface area contributed by atoms with Crippen LogP contribution in [0.15, 0.2) is 48.5 Å². The van der Waals surface area contributed by atoms with Gasteiger partial charge in [0.1, 0.15) is 6.04 Å². The van der Waals surface area contributed by atoms with E-state index >= 15 is 0 Å². The Morgan fingerprint density at radius 2 is 1.78 bits per heavy atom. The largest absolute Gasteiger partial charge is 0.324 e. The minimum absolute atomic E-state index is 0.00321. The van der Waals surface area contributed by atoms with Crippen LogP contribution < -0.4 is 5.32 Å². The minimum Gasteiger partial charge on any atom is -0.324 e. The molecule has 0 bridgehead atoms. The van der Waals surface area contributed by atoms with Gasteiger partial charge in [-0.25, -0.2) is 0 Å². The van der Waals surface area contributed by atoms with Gasteiger partial charge in [0, 0.05) is 10.7 Å². The number of hydrogen-bond donors (Lipinski definition) is 1. The summed E-state index contributed by atoms with van der Waals surface area (Å²) in [6.07, 6.45) is 2.29. The summed E-state index contributed by atoms with van der Waals surface area (Å²) in [4.78, 5) is 15.2. The molecule has 1 aliphatic rings. The lowest BCUT2D eigenvalue weighted by Gasteiger charge is -2.27. The van der Waals surface area contributed by atoms with Gasteiger partial charge in [0.2, 0.25) is 5.91 Å². The quantitative estimate of drug-likeness (QED) is 0.900. The Morgan fingerprint density at radius 3 is 2.48 bits per heavy atom. The van der Waals surface area contributed by atoms with E-state index in [1.54, 1.807) is 0 Å². The molecule has 1 fully saturated rings. The molecule has 1 amide bonds. The number of hydrogen-bond acceptors (Lipinski definition) is 2. The number of rotatable bonds is 4. The molecule has 23 heavy (non-hydrogen) atoms. The highest BCUT2D eigenvalue weighted by atomic mass is 35.5. The Morgan fingerprint density at radius 1 is 1.09 bits per heavy atom. The first-order chi connectivity index (χ1) is 11.2.